The van der Waals surface area contributed by atoms with E-state index in [2.05, 4.69) is 10.0 Å². The summed E-state index contributed by atoms with van der Waals surface area (Å²) in [6, 6.07) is 15.3. The molecule has 0 saturated carbocycles. The zero-order valence-electron chi connectivity index (χ0n) is 16.4. The lowest BCUT2D eigenvalue weighted by molar-refractivity contribution is -0.114. The average molecular weight is 414 g/mol. The largest absolute Gasteiger partial charge is 0.497 e. The van der Waals surface area contributed by atoms with Crippen LogP contribution in [0.4, 0.5) is 5.69 Å². The summed E-state index contributed by atoms with van der Waals surface area (Å²) < 4.78 is 39.1. The van der Waals surface area contributed by atoms with E-state index < -0.39 is 10.0 Å². The number of fused-ring (bicyclic) bond motifs is 1. The van der Waals surface area contributed by atoms with E-state index in [0.717, 1.165) is 0 Å². The summed E-state index contributed by atoms with van der Waals surface area (Å²) in [6.07, 6.45) is 0. The fourth-order valence-corrected chi connectivity index (χ4v) is 4.28. The Hall–Kier alpha value is -3.10. The van der Waals surface area contributed by atoms with E-state index in [0.29, 0.717) is 33.5 Å². The highest BCUT2D eigenvalue weighted by atomic mass is 32.2. The fraction of sp³-hybridized carbons (Fsp3) is 0.190. The lowest BCUT2D eigenvalue weighted by atomic mass is 10.1. The van der Waals surface area contributed by atoms with E-state index in [1.165, 1.54) is 27.2 Å². The number of carbonyl (C=O) groups is 1. The van der Waals surface area contributed by atoms with E-state index in [1.807, 2.05) is 0 Å². The van der Waals surface area contributed by atoms with E-state index in [1.54, 1.807) is 48.5 Å². The fourth-order valence-electron chi connectivity index (χ4n) is 3.04. The molecule has 0 aliphatic carbocycles. The van der Waals surface area contributed by atoms with Crippen LogP contribution in [-0.4, -0.2) is 28.5 Å². The lowest BCUT2D eigenvalue weighted by Gasteiger charge is -2.13. The molecule has 8 heteroatoms. The van der Waals surface area contributed by atoms with Crippen molar-refractivity contribution >= 4 is 32.4 Å². The normalized spacial score (nSPS) is 11.3. The van der Waals surface area contributed by atoms with Crippen molar-refractivity contribution in [3.05, 3.63) is 60.2 Å². The van der Waals surface area contributed by atoms with Crippen molar-refractivity contribution in [2.45, 2.75) is 18.4 Å². The van der Waals surface area contributed by atoms with Gasteiger partial charge in [-0.15, -0.1) is 0 Å². The van der Waals surface area contributed by atoms with Gasteiger partial charge in [0.2, 0.25) is 15.9 Å². The second-order valence-corrected chi connectivity index (χ2v) is 8.12. The number of carbonyl (C=O) groups excluding carboxylic acids is 1. The summed E-state index contributed by atoms with van der Waals surface area (Å²) in [4.78, 5) is 11.6. The van der Waals surface area contributed by atoms with Crippen LogP contribution >= 0.6 is 0 Å². The van der Waals surface area contributed by atoms with Crippen molar-refractivity contribution in [3.63, 3.8) is 0 Å². The molecule has 152 valence electrons. The van der Waals surface area contributed by atoms with Crippen LogP contribution in [0.25, 0.3) is 10.8 Å². The van der Waals surface area contributed by atoms with Gasteiger partial charge in [0.15, 0.2) is 0 Å². The highest BCUT2D eigenvalue weighted by Crippen LogP contribution is 2.29. The molecule has 7 nitrogen and oxygen atoms in total. The molecular formula is C21H22N2O5S. The van der Waals surface area contributed by atoms with Crippen molar-refractivity contribution < 1.29 is 22.7 Å². The van der Waals surface area contributed by atoms with Crippen LogP contribution in [0.5, 0.6) is 11.5 Å². The van der Waals surface area contributed by atoms with Crippen molar-refractivity contribution in [2.24, 2.45) is 0 Å². The minimum Gasteiger partial charge on any atom is -0.497 e. The van der Waals surface area contributed by atoms with Gasteiger partial charge in [0.25, 0.3) is 0 Å². The van der Waals surface area contributed by atoms with Crippen LogP contribution in [0.3, 0.4) is 0 Å². The maximum absolute atomic E-state index is 13.0. The summed E-state index contributed by atoms with van der Waals surface area (Å²) in [5.41, 5.74) is 1.26. The lowest BCUT2D eigenvalue weighted by Crippen LogP contribution is -2.23. The number of sulfonamides is 1. The highest BCUT2D eigenvalue weighted by Gasteiger charge is 2.18. The number of ether oxygens (including phenoxy) is 2. The smallest absolute Gasteiger partial charge is 0.241 e. The average Bonchev–Trinajstić information content (AvgIpc) is 2.71. The Morgan fingerprint density at radius 1 is 0.931 bits per heavy atom. The molecule has 3 aromatic carbocycles. The maximum atomic E-state index is 13.0. The third-order valence-electron chi connectivity index (χ3n) is 4.36. The van der Waals surface area contributed by atoms with Gasteiger partial charge in [-0.1, -0.05) is 24.3 Å². The second-order valence-electron chi connectivity index (χ2n) is 6.38. The molecule has 0 unspecified atom stereocenters. The standard InChI is InChI=1S/C21H22N2O5S/c1-14(24)23-20-8-4-7-19-18(20)6-5-9-21(19)29(25,26)22-13-15-10-16(27-2)12-17(11-15)28-3/h4-12,22H,13H2,1-3H3,(H,23,24). The van der Waals surface area contributed by atoms with Gasteiger partial charge in [0.1, 0.15) is 11.5 Å². The van der Waals surface area contributed by atoms with Gasteiger partial charge in [0, 0.05) is 36.0 Å². The molecule has 0 aromatic heterocycles. The third-order valence-corrected chi connectivity index (χ3v) is 5.82. The van der Waals surface area contributed by atoms with Crippen LogP contribution in [0.15, 0.2) is 59.5 Å². The van der Waals surface area contributed by atoms with Crippen molar-refractivity contribution in [2.75, 3.05) is 19.5 Å². The molecule has 0 fully saturated rings. The van der Waals surface area contributed by atoms with Gasteiger partial charge in [-0.3, -0.25) is 4.79 Å². The quantitative estimate of drug-likeness (QED) is 0.619. The molecule has 0 aliphatic rings. The number of anilines is 1. The van der Waals surface area contributed by atoms with Crippen molar-refractivity contribution in [3.8, 4) is 11.5 Å². The van der Waals surface area contributed by atoms with E-state index in [-0.39, 0.29) is 17.3 Å². The number of hydrogen-bond donors (Lipinski definition) is 2. The second kappa shape index (κ2) is 8.50. The Morgan fingerprint density at radius 3 is 2.17 bits per heavy atom. The van der Waals surface area contributed by atoms with Crippen LogP contribution < -0.4 is 19.5 Å². The van der Waals surface area contributed by atoms with E-state index >= 15 is 0 Å². The number of amides is 1. The Bertz CT molecular complexity index is 1140. The Morgan fingerprint density at radius 2 is 1.55 bits per heavy atom. The molecule has 0 heterocycles. The van der Waals surface area contributed by atoms with Crippen molar-refractivity contribution in [1.29, 1.82) is 0 Å². The van der Waals surface area contributed by atoms with Gasteiger partial charge < -0.3 is 14.8 Å². The molecule has 0 aliphatic heterocycles. The zero-order valence-corrected chi connectivity index (χ0v) is 17.2. The van der Waals surface area contributed by atoms with E-state index in [4.69, 9.17) is 9.47 Å². The molecule has 29 heavy (non-hydrogen) atoms. The Balaban J connectivity index is 1.94. The first-order valence-corrected chi connectivity index (χ1v) is 10.3. The van der Waals surface area contributed by atoms with Gasteiger partial charge >= 0.3 is 0 Å². The number of methoxy groups -OCH3 is 2. The molecule has 3 aromatic rings. The van der Waals surface area contributed by atoms with Crippen LogP contribution in [0.2, 0.25) is 0 Å². The number of rotatable bonds is 7. The van der Waals surface area contributed by atoms with Gasteiger partial charge in [-0.2, -0.15) is 0 Å². The van der Waals surface area contributed by atoms with Crippen LogP contribution in [0, 0.1) is 0 Å². The number of nitrogens with one attached hydrogen (secondary N) is 2. The predicted octanol–water partition coefficient (Wildman–Crippen LogP) is 3.29. The number of benzene rings is 3. The van der Waals surface area contributed by atoms with Crippen LogP contribution in [-0.2, 0) is 21.4 Å². The summed E-state index contributed by atoms with van der Waals surface area (Å²) in [7, 11) is -0.747. The third kappa shape index (κ3) is 4.67. The molecule has 0 radical (unpaired) electrons. The molecule has 3 rings (SSSR count). The SMILES string of the molecule is COc1cc(CNS(=O)(=O)c2cccc3c(NC(C)=O)cccc23)cc(OC)c1. The molecule has 0 bridgehead atoms. The summed E-state index contributed by atoms with van der Waals surface area (Å²) in [5.74, 6) is 0.920. The first-order valence-electron chi connectivity index (χ1n) is 8.85. The summed E-state index contributed by atoms with van der Waals surface area (Å²) in [5, 5.41) is 3.90. The summed E-state index contributed by atoms with van der Waals surface area (Å²) >= 11 is 0. The van der Waals surface area contributed by atoms with Gasteiger partial charge in [0.05, 0.1) is 19.1 Å². The zero-order chi connectivity index (χ0) is 21.0. The Labute approximate surface area is 169 Å². The van der Waals surface area contributed by atoms with Gasteiger partial charge in [-0.05, 0) is 29.8 Å². The number of hydrogen-bond acceptors (Lipinski definition) is 5. The molecular weight excluding hydrogens is 392 g/mol. The highest BCUT2D eigenvalue weighted by molar-refractivity contribution is 7.89. The van der Waals surface area contributed by atoms with Gasteiger partial charge in [-0.25, -0.2) is 13.1 Å². The Kier molecular flexibility index (Phi) is 6.05. The van der Waals surface area contributed by atoms with E-state index in [9.17, 15) is 13.2 Å². The maximum Gasteiger partial charge on any atom is 0.241 e. The first-order chi connectivity index (χ1) is 13.8. The predicted molar refractivity (Wildman–Crippen MR) is 112 cm³/mol. The van der Waals surface area contributed by atoms with Crippen molar-refractivity contribution in [1.82, 2.24) is 4.72 Å². The minimum atomic E-state index is -3.81. The topological polar surface area (TPSA) is 93.7 Å². The first kappa shape index (κ1) is 20.6. The molecule has 2 N–H and O–H groups in total. The molecule has 0 atom stereocenters. The summed E-state index contributed by atoms with van der Waals surface area (Å²) in [6.45, 7) is 1.47. The van der Waals surface area contributed by atoms with Crippen LogP contribution in [0.1, 0.15) is 12.5 Å². The monoisotopic (exact) mass is 414 g/mol. The molecule has 1 amide bonds. The molecule has 0 spiro atoms. The minimum absolute atomic E-state index is 0.0671. The molecule has 0 saturated heterocycles.